The topological polar surface area (TPSA) is 86.8 Å². The lowest BCUT2D eigenvalue weighted by molar-refractivity contribution is -0.143. The molecule has 1 aromatic carbocycles. The molecular weight excluding hydrogens is 477 g/mol. The highest BCUT2D eigenvalue weighted by Crippen LogP contribution is 2.35. The molecule has 0 spiro atoms. The fourth-order valence-corrected chi connectivity index (χ4v) is 4.78. The summed E-state index contributed by atoms with van der Waals surface area (Å²) < 4.78 is 0. The van der Waals surface area contributed by atoms with Crippen molar-refractivity contribution in [2.75, 3.05) is 13.1 Å². The SMILES string of the molecule is CC(C)CNC(=O)[C@@H](C)N(Cc1ccc(Cl)cc1Cl)C(=O)CCN1C(=O)[C@H]2CC=CC[C@H]2C1=O. The minimum Gasteiger partial charge on any atom is -0.354 e. The van der Waals surface area contributed by atoms with E-state index in [2.05, 4.69) is 5.32 Å². The molecule has 2 aliphatic rings. The summed E-state index contributed by atoms with van der Waals surface area (Å²) in [7, 11) is 0. The molecule has 0 saturated carbocycles. The lowest BCUT2D eigenvalue weighted by Crippen LogP contribution is -2.49. The predicted molar refractivity (Wildman–Crippen MR) is 131 cm³/mol. The molecule has 7 nitrogen and oxygen atoms in total. The standard InChI is InChI=1S/C25H31Cl2N3O4/c1-15(2)13-28-23(32)16(3)30(14-17-8-9-18(26)12-21(17)27)22(31)10-11-29-24(33)19-6-4-5-7-20(19)25(29)34/h4-5,8-9,12,15-16,19-20H,6-7,10-11,13-14H2,1-3H3,(H,28,32)/t16-,19-,20+/m1/s1. The third-order valence-corrected chi connectivity index (χ3v) is 6.94. The van der Waals surface area contributed by atoms with Crippen LogP contribution >= 0.6 is 23.2 Å². The second kappa shape index (κ2) is 11.4. The third-order valence-electron chi connectivity index (χ3n) is 6.36. The number of hydrogen-bond donors (Lipinski definition) is 1. The summed E-state index contributed by atoms with van der Waals surface area (Å²) in [6, 6.07) is 4.21. The minimum atomic E-state index is -0.769. The Morgan fingerprint density at radius 3 is 2.26 bits per heavy atom. The van der Waals surface area contributed by atoms with Crippen molar-refractivity contribution in [3.63, 3.8) is 0 Å². The smallest absolute Gasteiger partial charge is 0.242 e. The predicted octanol–water partition coefficient (Wildman–Crippen LogP) is 3.82. The minimum absolute atomic E-state index is 0.00527. The van der Waals surface area contributed by atoms with E-state index < -0.39 is 6.04 Å². The normalized spacial score (nSPS) is 20.5. The van der Waals surface area contributed by atoms with Gasteiger partial charge in [-0.05, 0) is 43.4 Å². The summed E-state index contributed by atoms with van der Waals surface area (Å²) in [4.78, 5) is 54.2. The molecule has 184 valence electrons. The first kappa shape index (κ1) is 26.2. The number of allylic oxidation sites excluding steroid dienone is 2. The van der Waals surface area contributed by atoms with Gasteiger partial charge in [0.25, 0.3) is 0 Å². The summed E-state index contributed by atoms with van der Waals surface area (Å²) in [6.07, 6.45) is 4.88. The molecule has 34 heavy (non-hydrogen) atoms. The third kappa shape index (κ3) is 5.99. The molecule has 1 N–H and O–H groups in total. The van der Waals surface area contributed by atoms with Crippen molar-refractivity contribution < 1.29 is 19.2 Å². The van der Waals surface area contributed by atoms with Crippen LogP contribution in [0, 0.1) is 17.8 Å². The molecule has 3 atom stereocenters. The monoisotopic (exact) mass is 507 g/mol. The largest absolute Gasteiger partial charge is 0.354 e. The Morgan fingerprint density at radius 2 is 1.71 bits per heavy atom. The molecule has 1 saturated heterocycles. The molecular formula is C25H31Cl2N3O4. The van der Waals surface area contributed by atoms with Crippen molar-refractivity contribution in [1.29, 1.82) is 0 Å². The summed E-state index contributed by atoms with van der Waals surface area (Å²) in [5.41, 5.74) is 0.647. The van der Waals surface area contributed by atoms with Crippen LogP contribution in [0.4, 0.5) is 0 Å². The summed E-state index contributed by atoms with van der Waals surface area (Å²) >= 11 is 12.3. The van der Waals surface area contributed by atoms with Gasteiger partial charge in [0.2, 0.25) is 23.6 Å². The van der Waals surface area contributed by atoms with Crippen LogP contribution < -0.4 is 5.32 Å². The first-order valence-corrected chi connectivity index (χ1v) is 12.4. The van der Waals surface area contributed by atoms with Crippen molar-refractivity contribution in [3.05, 3.63) is 46.0 Å². The second-order valence-corrected chi connectivity index (χ2v) is 10.1. The molecule has 0 aromatic heterocycles. The van der Waals surface area contributed by atoms with Crippen LogP contribution in [0.25, 0.3) is 0 Å². The van der Waals surface area contributed by atoms with Crippen LogP contribution in [0.3, 0.4) is 0 Å². The summed E-state index contributed by atoms with van der Waals surface area (Å²) in [5.74, 6) is -1.47. The molecule has 1 aliphatic heterocycles. The maximum atomic E-state index is 13.3. The Morgan fingerprint density at radius 1 is 1.09 bits per heavy atom. The van der Waals surface area contributed by atoms with E-state index in [1.807, 2.05) is 26.0 Å². The van der Waals surface area contributed by atoms with Gasteiger partial charge in [0.1, 0.15) is 6.04 Å². The van der Waals surface area contributed by atoms with Gasteiger partial charge in [0.05, 0.1) is 11.8 Å². The van der Waals surface area contributed by atoms with Crippen molar-refractivity contribution in [1.82, 2.24) is 15.1 Å². The van der Waals surface area contributed by atoms with E-state index in [-0.39, 0.29) is 60.9 Å². The number of carbonyl (C=O) groups is 4. The van der Waals surface area contributed by atoms with Gasteiger partial charge in [-0.25, -0.2) is 0 Å². The Kier molecular flexibility index (Phi) is 8.77. The van der Waals surface area contributed by atoms with Gasteiger partial charge < -0.3 is 10.2 Å². The number of amides is 4. The van der Waals surface area contributed by atoms with Gasteiger partial charge in [-0.2, -0.15) is 0 Å². The van der Waals surface area contributed by atoms with E-state index in [9.17, 15) is 19.2 Å². The highest BCUT2D eigenvalue weighted by molar-refractivity contribution is 6.35. The van der Waals surface area contributed by atoms with E-state index >= 15 is 0 Å². The summed E-state index contributed by atoms with van der Waals surface area (Å²) in [6.45, 7) is 6.21. The molecule has 1 heterocycles. The number of halogens is 2. The first-order valence-electron chi connectivity index (χ1n) is 11.6. The molecule has 9 heteroatoms. The van der Waals surface area contributed by atoms with Gasteiger partial charge in [0.15, 0.2) is 0 Å². The summed E-state index contributed by atoms with van der Waals surface area (Å²) in [5, 5.41) is 3.72. The van der Waals surface area contributed by atoms with Gasteiger partial charge >= 0.3 is 0 Å². The fourth-order valence-electron chi connectivity index (χ4n) is 4.31. The van der Waals surface area contributed by atoms with Crippen molar-refractivity contribution in [2.45, 2.75) is 52.6 Å². The molecule has 1 aromatic rings. The number of imide groups is 1. The number of hydrogen-bond acceptors (Lipinski definition) is 4. The average molecular weight is 508 g/mol. The zero-order valence-corrected chi connectivity index (χ0v) is 21.2. The average Bonchev–Trinajstić information content (AvgIpc) is 3.04. The van der Waals surface area contributed by atoms with Crippen molar-refractivity contribution in [2.24, 2.45) is 17.8 Å². The fraction of sp³-hybridized carbons (Fsp3) is 0.520. The lowest BCUT2D eigenvalue weighted by Gasteiger charge is -2.30. The van der Waals surface area contributed by atoms with Gasteiger partial charge in [-0.1, -0.05) is 55.3 Å². The molecule has 1 aliphatic carbocycles. The van der Waals surface area contributed by atoms with E-state index in [0.29, 0.717) is 35.0 Å². The number of rotatable bonds is 9. The number of likely N-dealkylation sites (tertiary alicyclic amines) is 1. The Hall–Kier alpha value is -2.38. The Balaban J connectivity index is 1.73. The van der Waals surface area contributed by atoms with Crippen LogP contribution in [-0.4, -0.2) is 52.6 Å². The van der Waals surface area contributed by atoms with E-state index in [4.69, 9.17) is 23.2 Å². The molecule has 3 rings (SSSR count). The first-order chi connectivity index (χ1) is 16.1. The van der Waals surface area contributed by atoms with E-state index in [0.717, 1.165) is 0 Å². The Bertz CT molecular complexity index is 968. The molecule has 1 fully saturated rings. The second-order valence-electron chi connectivity index (χ2n) is 9.31. The number of fused-ring (bicyclic) bond motifs is 1. The van der Waals surface area contributed by atoms with Gasteiger partial charge in [-0.3, -0.25) is 24.1 Å². The number of nitrogens with one attached hydrogen (secondary N) is 1. The van der Waals surface area contributed by atoms with Crippen molar-refractivity contribution in [3.8, 4) is 0 Å². The van der Waals surface area contributed by atoms with Crippen LogP contribution in [0.5, 0.6) is 0 Å². The maximum Gasteiger partial charge on any atom is 0.242 e. The molecule has 0 radical (unpaired) electrons. The molecule has 4 amide bonds. The van der Waals surface area contributed by atoms with E-state index in [1.165, 1.54) is 9.80 Å². The zero-order chi connectivity index (χ0) is 25.0. The number of nitrogens with zero attached hydrogens (tertiary/aromatic N) is 2. The lowest BCUT2D eigenvalue weighted by atomic mass is 9.85. The van der Waals surface area contributed by atoms with Crippen LogP contribution in [-0.2, 0) is 25.7 Å². The molecule has 0 unspecified atom stereocenters. The van der Waals surface area contributed by atoms with E-state index in [1.54, 1.807) is 25.1 Å². The number of carbonyl (C=O) groups excluding carboxylic acids is 4. The zero-order valence-electron chi connectivity index (χ0n) is 19.7. The van der Waals surface area contributed by atoms with Gasteiger partial charge in [-0.15, -0.1) is 0 Å². The maximum absolute atomic E-state index is 13.3. The van der Waals surface area contributed by atoms with Crippen molar-refractivity contribution >= 4 is 46.8 Å². The van der Waals surface area contributed by atoms with Crippen LogP contribution in [0.1, 0.15) is 45.6 Å². The quantitative estimate of drug-likeness (QED) is 0.406. The highest BCUT2D eigenvalue weighted by Gasteiger charge is 2.47. The van der Waals surface area contributed by atoms with Gasteiger partial charge in [0, 0.05) is 36.1 Å². The van der Waals surface area contributed by atoms with Crippen LogP contribution in [0.15, 0.2) is 30.4 Å². The van der Waals surface area contributed by atoms with Crippen LogP contribution in [0.2, 0.25) is 10.0 Å². The highest BCUT2D eigenvalue weighted by atomic mass is 35.5. The Labute approximate surface area is 210 Å². The number of benzene rings is 1. The molecule has 0 bridgehead atoms.